The Morgan fingerprint density at radius 2 is 2.00 bits per heavy atom. The fourth-order valence-electron chi connectivity index (χ4n) is 1.38. The molecule has 0 radical (unpaired) electrons. The minimum Gasteiger partial charge on any atom is -0.492 e. The number of nitrogens with zero attached hydrogens (tertiary/aromatic N) is 1. The van der Waals surface area contributed by atoms with Crippen LogP contribution in [0.3, 0.4) is 0 Å². The van der Waals surface area contributed by atoms with Gasteiger partial charge >= 0.3 is 0 Å². The van der Waals surface area contributed by atoms with Gasteiger partial charge in [-0.2, -0.15) is 0 Å². The van der Waals surface area contributed by atoms with Crippen LogP contribution in [0.2, 0.25) is 0 Å². The van der Waals surface area contributed by atoms with E-state index in [1.165, 1.54) is 24.3 Å². The molecule has 1 saturated heterocycles. The van der Waals surface area contributed by atoms with Crippen LogP contribution >= 0.6 is 11.8 Å². The van der Waals surface area contributed by atoms with Crippen LogP contribution in [0.1, 0.15) is 0 Å². The molecule has 2 rings (SSSR count). The molecule has 90 valence electrons. The number of rotatable bonds is 4. The Morgan fingerprint density at radius 3 is 2.59 bits per heavy atom. The summed E-state index contributed by atoms with van der Waals surface area (Å²) in [5, 5.41) is -0.238. The van der Waals surface area contributed by atoms with Crippen LogP contribution in [-0.2, 0) is 4.79 Å². The zero-order valence-electron chi connectivity index (χ0n) is 8.89. The topological polar surface area (TPSA) is 46.6 Å². The van der Waals surface area contributed by atoms with Gasteiger partial charge in [0.2, 0.25) is 5.91 Å². The molecule has 1 aromatic carbocycles. The first-order valence-electron chi connectivity index (χ1n) is 5.02. The summed E-state index contributed by atoms with van der Waals surface area (Å²) in [5.41, 5.74) is 0. The summed E-state index contributed by atoms with van der Waals surface area (Å²) < 4.78 is 17.9. The van der Waals surface area contributed by atoms with Crippen molar-refractivity contribution in [3.63, 3.8) is 0 Å². The van der Waals surface area contributed by atoms with E-state index in [4.69, 9.17) is 4.74 Å². The summed E-state index contributed by atoms with van der Waals surface area (Å²) in [4.78, 5) is 23.6. The van der Waals surface area contributed by atoms with Crippen molar-refractivity contribution >= 4 is 22.9 Å². The average Bonchev–Trinajstić information content (AvgIpc) is 2.63. The Hall–Kier alpha value is -1.56. The van der Waals surface area contributed by atoms with Gasteiger partial charge in [0.05, 0.1) is 12.3 Å². The summed E-state index contributed by atoms with van der Waals surface area (Å²) in [6.07, 6.45) is 0. The number of carbonyl (C=O) groups is 2. The Morgan fingerprint density at radius 1 is 1.29 bits per heavy atom. The normalized spacial score (nSPS) is 15.5. The lowest BCUT2D eigenvalue weighted by Gasteiger charge is -2.13. The minimum absolute atomic E-state index is 0.192. The zero-order chi connectivity index (χ0) is 12.3. The predicted molar refractivity (Wildman–Crippen MR) is 61.5 cm³/mol. The number of benzene rings is 1. The van der Waals surface area contributed by atoms with Gasteiger partial charge in [-0.15, -0.1) is 0 Å². The molecule has 1 aliphatic heterocycles. The van der Waals surface area contributed by atoms with Crippen molar-refractivity contribution in [3.8, 4) is 5.75 Å². The summed E-state index contributed by atoms with van der Waals surface area (Å²) in [6.45, 7) is 0.436. The SMILES string of the molecule is O=C1CSC(=O)N1CCOc1ccc(F)cc1. The first-order chi connectivity index (χ1) is 8.16. The van der Waals surface area contributed by atoms with Gasteiger partial charge in [0.25, 0.3) is 5.24 Å². The van der Waals surface area contributed by atoms with Crippen molar-refractivity contribution in [1.29, 1.82) is 0 Å². The van der Waals surface area contributed by atoms with Crippen LogP contribution in [0.5, 0.6) is 5.75 Å². The van der Waals surface area contributed by atoms with Gasteiger partial charge in [0, 0.05) is 0 Å². The van der Waals surface area contributed by atoms with Crippen molar-refractivity contribution in [2.45, 2.75) is 0 Å². The molecule has 0 bridgehead atoms. The Bertz CT molecular complexity index is 419. The molecule has 0 unspecified atom stereocenters. The first-order valence-corrected chi connectivity index (χ1v) is 6.01. The maximum absolute atomic E-state index is 12.6. The second kappa shape index (κ2) is 5.18. The summed E-state index contributed by atoms with van der Waals surface area (Å²) >= 11 is 0.994. The molecule has 1 aromatic rings. The van der Waals surface area contributed by atoms with Crippen LogP contribution < -0.4 is 4.74 Å². The fraction of sp³-hybridized carbons (Fsp3) is 0.273. The van der Waals surface area contributed by atoms with E-state index in [0.29, 0.717) is 5.75 Å². The summed E-state index contributed by atoms with van der Waals surface area (Å²) in [7, 11) is 0. The molecule has 4 nitrogen and oxygen atoms in total. The van der Waals surface area contributed by atoms with Crippen molar-refractivity contribution in [3.05, 3.63) is 30.1 Å². The number of carbonyl (C=O) groups excluding carboxylic acids is 2. The zero-order valence-corrected chi connectivity index (χ0v) is 9.71. The quantitative estimate of drug-likeness (QED) is 0.824. The number of hydrogen-bond donors (Lipinski definition) is 0. The van der Waals surface area contributed by atoms with Gasteiger partial charge in [0.15, 0.2) is 0 Å². The lowest BCUT2D eigenvalue weighted by atomic mass is 10.3. The minimum atomic E-state index is -0.335. The van der Waals surface area contributed by atoms with E-state index < -0.39 is 0 Å². The fourth-order valence-corrected chi connectivity index (χ4v) is 2.13. The van der Waals surface area contributed by atoms with E-state index in [2.05, 4.69) is 0 Å². The number of ether oxygens (including phenoxy) is 1. The molecule has 17 heavy (non-hydrogen) atoms. The molecular weight excluding hydrogens is 245 g/mol. The average molecular weight is 255 g/mol. The second-order valence-electron chi connectivity index (χ2n) is 3.40. The van der Waals surface area contributed by atoms with E-state index >= 15 is 0 Å². The highest BCUT2D eigenvalue weighted by molar-refractivity contribution is 8.14. The number of imide groups is 1. The van der Waals surface area contributed by atoms with Crippen LogP contribution in [-0.4, -0.2) is 35.0 Å². The number of amides is 2. The molecule has 1 fully saturated rings. The number of halogens is 1. The standard InChI is InChI=1S/C11H10FNO3S/c12-8-1-3-9(4-2-8)16-6-5-13-10(14)7-17-11(13)15/h1-4H,5-7H2. The lowest BCUT2D eigenvalue weighted by Crippen LogP contribution is -2.32. The molecule has 1 aliphatic rings. The van der Waals surface area contributed by atoms with Crippen LogP contribution in [0.15, 0.2) is 24.3 Å². The van der Waals surface area contributed by atoms with Crippen LogP contribution in [0.4, 0.5) is 9.18 Å². The molecule has 6 heteroatoms. The molecule has 0 saturated carbocycles. The largest absolute Gasteiger partial charge is 0.492 e. The molecule has 0 N–H and O–H groups in total. The molecule has 2 amide bonds. The predicted octanol–water partition coefficient (Wildman–Crippen LogP) is 1.90. The highest BCUT2D eigenvalue weighted by Gasteiger charge is 2.29. The van der Waals surface area contributed by atoms with Crippen molar-refractivity contribution in [2.24, 2.45) is 0 Å². The third-order valence-electron chi connectivity index (χ3n) is 2.24. The Kier molecular flexibility index (Phi) is 3.63. The van der Waals surface area contributed by atoms with E-state index in [1.807, 2.05) is 0 Å². The van der Waals surface area contributed by atoms with Gasteiger partial charge in [0.1, 0.15) is 18.2 Å². The third kappa shape index (κ3) is 2.97. The van der Waals surface area contributed by atoms with Gasteiger partial charge in [-0.25, -0.2) is 4.39 Å². The molecule has 0 aliphatic carbocycles. The van der Waals surface area contributed by atoms with Gasteiger partial charge < -0.3 is 4.74 Å². The first kappa shape index (κ1) is 11.9. The van der Waals surface area contributed by atoms with Crippen molar-refractivity contribution in [2.75, 3.05) is 18.9 Å². The molecule has 0 aromatic heterocycles. The molecule has 0 spiro atoms. The molecular formula is C11H10FNO3S. The number of thioether (sulfide) groups is 1. The van der Waals surface area contributed by atoms with Crippen molar-refractivity contribution < 1.29 is 18.7 Å². The van der Waals surface area contributed by atoms with Crippen LogP contribution in [0, 0.1) is 5.82 Å². The van der Waals surface area contributed by atoms with Gasteiger partial charge in [-0.1, -0.05) is 11.8 Å². The Balaban J connectivity index is 1.81. The molecule has 1 heterocycles. The monoisotopic (exact) mass is 255 g/mol. The van der Waals surface area contributed by atoms with Gasteiger partial charge in [-0.05, 0) is 24.3 Å². The van der Waals surface area contributed by atoms with Crippen LogP contribution in [0.25, 0.3) is 0 Å². The lowest BCUT2D eigenvalue weighted by molar-refractivity contribution is -0.124. The maximum atomic E-state index is 12.6. The summed E-state index contributed by atoms with van der Waals surface area (Å²) in [6, 6.07) is 5.57. The Labute approximate surface area is 102 Å². The van der Waals surface area contributed by atoms with E-state index in [0.717, 1.165) is 16.7 Å². The number of hydrogen-bond acceptors (Lipinski definition) is 4. The highest BCUT2D eigenvalue weighted by atomic mass is 32.2. The maximum Gasteiger partial charge on any atom is 0.288 e. The van der Waals surface area contributed by atoms with E-state index in [9.17, 15) is 14.0 Å². The smallest absolute Gasteiger partial charge is 0.288 e. The van der Waals surface area contributed by atoms with Gasteiger partial charge in [-0.3, -0.25) is 14.5 Å². The van der Waals surface area contributed by atoms with Crippen molar-refractivity contribution in [1.82, 2.24) is 4.90 Å². The molecule has 0 atom stereocenters. The summed E-state index contributed by atoms with van der Waals surface area (Å²) in [5.74, 6) is 0.189. The third-order valence-corrected chi connectivity index (χ3v) is 3.10. The second-order valence-corrected chi connectivity index (χ2v) is 4.33. The van der Waals surface area contributed by atoms with E-state index in [1.54, 1.807) is 0 Å². The van der Waals surface area contributed by atoms with E-state index in [-0.39, 0.29) is 35.9 Å². The highest BCUT2D eigenvalue weighted by Crippen LogP contribution is 2.18.